The molecule has 0 bridgehead atoms. The molecule has 144 valence electrons. The summed E-state index contributed by atoms with van der Waals surface area (Å²) in [5.41, 5.74) is 2.19. The summed E-state index contributed by atoms with van der Waals surface area (Å²) in [6.45, 7) is 2.88. The van der Waals surface area contributed by atoms with Crippen LogP contribution in [0, 0.1) is 0 Å². The molecule has 2 aromatic carbocycles. The third-order valence-corrected chi connectivity index (χ3v) is 4.29. The largest absolute Gasteiger partial charge is 0.478 e. The molecule has 28 heavy (non-hydrogen) atoms. The van der Waals surface area contributed by atoms with Gasteiger partial charge < -0.3 is 10.2 Å². The number of aromatic carboxylic acids is 2. The van der Waals surface area contributed by atoms with Gasteiger partial charge in [0.25, 0.3) is 0 Å². The molecule has 2 N–H and O–H groups in total. The molecule has 1 saturated heterocycles. The summed E-state index contributed by atoms with van der Waals surface area (Å²) < 4.78 is 0. The molecule has 1 aliphatic rings. The van der Waals surface area contributed by atoms with Gasteiger partial charge in [0.15, 0.2) is 0 Å². The standard InChI is InChI=1S/C20H20N4O4/c25-19(26)17-5-1-15(2-6-17)13-21-23-9-11-24(12-10-23)22-14-16-3-7-18(8-4-16)20(27)28/h1-8,13-14H,9-12H2,(H,25,26)(H,27,28)/b21-13-,22-14-. The molecule has 0 unspecified atom stereocenters. The molecule has 0 amide bonds. The van der Waals surface area contributed by atoms with Gasteiger partial charge in [-0.05, 0) is 35.4 Å². The Kier molecular flexibility index (Phi) is 6.01. The summed E-state index contributed by atoms with van der Waals surface area (Å²) in [6, 6.07) is 13.1. The minimum atomic E-state index is -0.946. The van der Waals surface area contributed by atoms with E-state index in [9.17, 15) is 9.59 Å². The normalized spacial score (nSPS) is 14.7. The average molecular weight is 380 g/mol. The fraction of sp³-hybridized carbons (Fsp3) is 0.200. The topological polar surface area (TPSA) is 106 Å². The van der Waals surface area contributed by atoms with Crippen molar-refractivity contribution in [2.45, 2.75) is 0 Å². The van der Waals surface area contributed by atoms with E-state index >= 15 is 0 Å². The Labute approximate surface area is 162 Å². The SMILES string of the molecule is O=C(O)c1ccc(/C=N\N2CCN(/N=C\c3ccc(C(=O)O)cc3)CC2)cc1. The van der Waals surface area contributed by atoms with Crippen molar-refractivity contribution in [1.82, 2.24) is 10.0 Å². The van der Waals surface area contributed by atoms with Crippen LogP contribution in [0.5, 0.6) is 0 Å². The highest BCUT2D eigenvalue weighted by Crippen LogP contribution is 2.07. The van der Waals surface area contributed by atoms with Crippen LogP contribution in [0.3, 0.4) is 0 Å². The molecule has 2 aromatic rings. The number of nitrogens with zero attached hydrogens (tertiary/aromatic N) is 4. The second kappa shape index (κ2) is 8.81. The molecule has 0 radical (unpaired) electrons. The molecule has 0 spiro atoms. The maximum Gasteiger partial charge on any atom is 0.335 e. The van der Waals surface area contributed by atoms with Crippen LogP contribution >= 0.6 is 0 Å². The van der Waals surface area contributed by atoms with Crippen molar-refractivity contribution < 1.29 is 19.8 Å². The maximum atomic E-state index is 10.9. The summed E-state index contributed by atoms with van der Waals surface area (Å²) in [6.07, 6.45) is 3.43. The van der Waals surface area contributed by atoms with E-state index in [1.165, 1.54) is 0 Å². The molecule has 0 aromatic heterocycles. The Morgan fingerprint density at radius 3 is 1.29 bits per heavy atom. The monoisotopic (exact) mass is 380 g/mol. The number of hydrogen-bond acceptors (Lipinski definition) is 6. The minimum absolute atomic E-state index is 0.251. The van der Waals surface area contributed by atoms with Gasteiger partial charge >= 0.3 is 11.9 Å². The van der Waals surface area contributed by atoms with Gasteiger partial charge in [-0.3, -0.25) is 10.0 Å². The molecular formula is C20H20N4O4. The van der Waals surface area contributed by atoms with Crippen molar-refractivity contribution in [3.8, 4) is 0 Å². The van der Waals surface area contributed by atoms with Gasteiger partial charge in [0, 0.05) is 0 Å². The predicted molar refractivity (Wildman–Crippen MR) is 105 cm³/mol. The van der Waals surface area contributed by atoms with Gasteiger partial charge in [-0.25, -0.2) is 9.59 Å². The number of carboxylic acids is 2. The number of rotatable bonds is 6. The number of piperazine rings is 1. The molecule has 0 saturated carbocycles. The Morgan fingerprint density at radius 2 is 1.00 bits per heavy atom. The molecule has 1 fully saturated rings. The molecule has 3 rings (SSSR count). The van der Waals surface area contributed by atoms with Gasteiger partial charge in [0.05, 0.1) is 49.7 Å². The minimum Gasteiger partial charge on any atom is -0.478 e. The lowest BCUT2D eigenvalue weighted by Crippen LogP contribution is -2.41. The number of hydrazone groups is 2. The van der Waals surface area contributed by atoms with Crippen LogP contribution < -0.4 is 0 Å². The summed E-state index contributed by atoms with van der Waals surface area (Å²) in [7, 11) is 0. The van der Waals surface area contributed by atoms with E-state index in [1.807, 2.05) is 10.0 Å². The van der Waals surface area contributed by atoms with Gasteiger partial charge in [-0.2, -0.15) is 10.2 Å². The fourth-order valence-corrected chi connectivity index (χ4v) is 2.64. The van der Waals surface area contributed by atoms with Gasteiger partial charge in [-0.15, -0.1) is 0 Å². The van der Waals surface area contributed by atoms with Crippen LogP contribution in [0.2, 0.25) is 0 Å². The molecular weight excluding hydrogens is 360 g/mol. The number of carboxylic acid groups (broad SMARTS) is 2. The van der Waals surface area contributed by atoms with E-state index in [0.29, 0.717) is 0 Å². The molecule has 1 heterocycles. The smallest absolute Gasteiger partial charge is 0.335 e. The van der Waals surface area contributed by atoms with Gasteiger partial charge in [0.2, 0.25) is 0 Å². The predicted octanol–water partition coefficient (Wildman–Crippen LogP) is 2.07. The molecule has 8 nitrogen and oxygen atoms in total. The first kappa shape index (κ1) is 19.1. The summed E-state index contributed by atoms with van der Waals surface area (Å²) >= 11 is 0. The number of carbonyl (C=O) groups is 2. The first-order valence-electron chi connectivity index (χ1n) is 8.76. The second-order valence-electron chi connectivity index (χ2n) is 6.25. The highest BCUT2D eigenvalue weighted by molar-refractivity contribution is 5.89. The summed E-state index contributed by atoms with van der Waals surface area (Å²) in [5, 5.41) is 30.6. The lowest BCUT2D eigenvalue weighted by atomic mass is 10.1. The van der Waals surface area contributed by atoms with Gasteiger partial charge in [-0.1, -0.05) is 24.3 Å². The van der Waals surface area contributed by atoms with E-state index in [2.05, 4.69) is 10.2 Å². The highest BCUT2D eigenvalue weighted by atomic mass is 16.4. The van der Waals surface area contributed by atoms with E-state index in [0.717, 1.165) is 37.3 Å². The van der Waals surface area contributed by atoms with Crippen LogP contribution in [0.15, 0.2) is 58.7 Å². The van der Waals surface area contributed by atoms with Crippen LogP contribution in [0.4, 0.5) is 0 Å². The van der Waals surface area contributed by atoms with Crippen LogP contribution in [-0.4, -0.2) is 70.8 Å². The van der Waals surface area contributed by atoms with Crippen molar-refractivity contribution >= 4 is 24.4 Å². The van der Waals surface area contributed by atoms with Crippen molar-refractivity contribution in [3.63, 3.8) is 0 Å². The van der Waals surface area contributed by atoms with Crippen molar-refractivity contribution in [2.75, 3.05) is 26.2 Å². The van der Waals surface area contributed by atoms with Crippen LogP contribution in [0.1, 0.15) is 31.8 Å². The van der Waals surface area contributed by atoms with Crippen molar-refractivity contribution in [3.05, 3.63) is 70.8 Å². The van der Waals surface area contributed by atoms with Crippen molar-refractivity contribution in [1.29, 1.82) is 0 Å². The zero-order chi connectivity index (χ0) is 19.9. The van der Waals surface area contributed by atoms with E-state index in [-0.39, 0.29) is 11.1 Å². The molecule has 0 aliphatic carbocycles. The van der Waals surface area contributed by atoms with E-state index < -0.39 is 11.9 Å². The quantitative estimate of drug-likeness (QED) is 0.743. The maximum absolute atomic E-state index is 10.9. The fourth-order valence-electron chi connectivity index (χ4n) is 2.64. The van der Waals surface area contributed by atoms with Gasteiger partial charge in [0.1, 0.15) is 0 Å². The van der Waals surface area contributed by atoms with Crippen molar-refractivity contribution in [2.24, 2.45) is 10.2 Å². The third-order valence-electron chi connectivity index (χ3n) is 4.29. The first-order chi connectivity index (χ1) is 13.5. The summed E-state index contributed by atoms with van der Waals surface area (Å²) in [5.74, 6) is -1.89. The highest BCUT2D eigenvalue weighted by Gasteiger charge is 2.13. The molecule has 8 heteroatoms. The lowest BCUT2D eigenvalue weighted by Gasteiger charge is -2.31. The lowest BCUT2D eigenvalue weighted by molar-refractivity contribution is 0.0686. The van der Waals surface area contributed by atoms with E-state index in [4.69, 9.17) is 10.2 Å². The zero-order valence-corrected chi connectivity index (χ0v) is 15.1. The third kappa shape index (κ3) is 5.16. The molecule has 0 atom stereocenters. The molecule has 1 aliphatic heterocycles. The zero-order valence-electron chi connectivity index (χ0n) is 15.1. The second-order valence-corrected chi connectivity index (χ2v) is 6.25. The number of hydrogen-bond donors (Lipinski definition) is 2. The first-order valence-corrected chi connectivity index (χ1v) is 8.76. The Hall–Kier alpha value is -3.68. The number of benzene rings is 2. The average Bonchev–Trinajstić information content (AvgIpc) is 2.72. The summed E-state index contributed by atoms with van der Waals surface area (Å²) in [4.78, 5) is 21.7. The Balaban J connectivity index is 1.48. The van der Waals surface area contributed by atoms with E-state index in [1.54, 1.807) is 61.0 Å². The van der Waals surface area contributed by atoms with Crippen LogP contribution in [0.25, 0.3) is 0 Å². The Morgan fingerprint density at radius 1 is 0.679 bits per heavy atom. The Bertz CT molecular complexity index is 808. The van der Waals surface area contributed by atoms with Crippen LogP contribution in [-0.2, 0) is 0 Å².